The van der Waals surface area contributed by atoms with E-state index in [9.17, 15) is 35.9 Å². The number of nitrogens with zero attached hydrogens (tertiary/aromatic N) is 3. The molecule has 224 valence electrons. The van der Waals surface area contributed by atoms with E-state index in [-0.39, 0.29) is 30.2 Å². The highest BCUT2D eigenvalue weighted by Crippen LogP contribution is 2.46. The molecule has 3 aromatic heterocycles. The second kappa shape index (κ2) is 11.0. The molecule has 1 atom stereocenters. The third-order valence-electron chi connectivity index (χ3n) is 6.95. The van der Waals surface area contributed by atoms with Crippen LogP contribution in [0.2, 0.25) is 5.02 Å². The standard InChI is InChI=1S/C27H23ClF6N4O3S/c1-15-9-16(28)10-19(22(15)41-25(27(32,33)34)5-2-6-35-13-25)18-3-7-36-20-11-17(42-23(18)20)12-38-21(39)4-8-37(24(38)40)14-26(29,30)31/h3-4,7-11,35H,2,5-6,12-14H2,1H3. The Hall–Kier alpha value is -3.36. The number of nitrogens with one attached hydrogen (secondary N) is 1. The van der Waals surface area contributed by atoms with Crippen molar-refractivity contribution in [1.82, 2.24) is 19.4 Å². The molecule has 0 spiro atoms. The summed E-state index contributed by atoms with van der Waals surface area (Å²) < 4.78 is 89.3. The molecular weight excluding hydrogens is 610 g/mol. The van der Waals surface area contributed by atoms with Crippen LogP contribution in [0.15, 0.2) is 52.3 Å². The molecule has 0 aliphatic carbocycles. The van der Waals surface area contributed by atoms with Gasteiger partial charge in [-0.2, -0.15) is 26.3 Å². The third kappa shape index (κ3) is 5.92. The molecule has 1 saturated heterocycles. The minimum Gasteiger partial charge on any atom is -0.475 e. The predicted molar refractivity (Wildman–Crippen MR) is 146 cm³/mol. The Morgan fingerprint density at radius 2 is 1.88 bits per heavy atom. The Labute approximate surface area is 243 Å². The lowest BCUT2D eigenvalue weighted by Gasteiger charge is -2.40. The lowest BCUT2D eigenvalue weighted by atomic mass is 9.92. The number of benzene rings is 1. The van der Waals surface area contributed by atoms with E-state index in [0.717, 1.165) is 23.6 Å². The Kier molecular flexibility index (Phi) is 7.92. The summed E-state index contributed by atoms with van der Waals surface area (Å²) in [5.41, 5.74) is -2.85. The first-order valence-electron chi connectivity index (χ1n) is 12.7. The van der Waals surface area contributed by atoms with E-state index < -0.39 is 42.3 Å². The smallest absolute Gasteiger partial charge is 0.429 e. The van der Waals surface area contributed by atoms with Crippen molar-refractivity contribution in [2.75, 3.05) is 13.1 Å². The molecule has 1 unspecified atom stereocenters. The minimum atomic E-state index is -4.67. The van der Waals surface area contributed by atoms with Gasteiger partial charge in [-0.25, -0.2) is 4.79 Å². The van der Waals surface area contributed by atoms with Crippen LogP contribution in [0.4, 0.5) is 26.3 Å². The van der Waals surface area contributed by atoms with Crippen molar-refractivity contribution in [2.24, 2.45) is 0 Å². The largest absolute Gasteiger partial charge is 0.475 e. The van der Waals surface area contributed by atoms with Gasteiger partial charge in [0.1, 0.15) is 12.3 Å². The number of piperidine rings is 1. The summed E-state index contributed by atoms with van der Waals surface area (Å²) in [5.74, 6) is -0.00260. The molecule has 0 saturated carbocycles. The van der Waals surface area contributed by atoms with Crippen molar-refractivity contribution in [3.63, 3.8) is 0 Å². The van der Waals surface area contributed by atoms with Crippen LogP contribution < -0.4 is 21.3 Å². The van der Waals surface area contributed by atoms with Crippen molar-refractivity contribution in [2.45, 2.75) is 50.8 Å². The van der Waals surface area contributed by atoms with Crippen molar-refractivity contribution < 1.29 is 31.1 Å². The van der Waals surface area contributed by atoms with E-state index in [4.69, 9.17) is 16.3 Å². The number of halogens is 7. The van der Waals surface area contributed by atoms with Gasteiger partial charge in [0.15, 0.2) is 0 Å². The lowest BCUT2D eigenvalue weighted by molar-refractivity contribution is -0.252. The van der Waals surface area contributed by atoms with Crippen molar-refractivity contribution in [3.8, 4) is 16.9 Å². The minimum absolute atomic E-state index is 0.00260. The fourth-order valence-electron chi connectivity index (χ4n) is 4.97. The van der Waals surface area contributed by atoms with Gasteiger partial charge >= 0.3 is 18.0 Å². The number of pyridine rings is 1. The van der Waals surface area contributed by atoms with Gasteiger partial charge in [0, 0.05) is 46.0 Å². The van der Waals surface area contributed by atoms with Crippen LogP contribution in [0, 0.1) is 6.92 Å². The van der Waals surface area contributed by atoms with Gasteiger partial charge in [-0.15, -0.1) is 11.3 Å². The van der Waals surface area contributed by atoms with E-state index in [0.29, 0.717) is 47.5 Å². The van der Waals surface area contributed by atoms with Gasteiger partial charge in [-0.3, -0.25) is 18.9 Å². The Morgan fingerprint density at radius 3 is 2.55 bits per heavy atom. The Balaban J connectivity index is 1.59. The molecule has 5 rings (SSSR count). The van der Waals surface area contributed by atoms with Crippen LogP contribution in [-0.2, 0) is 13.1 Å². The summed E-state index contributed by atoms with van der Waals surface area (Å²) >= 11 is 7.44. The second-order valence-electron chi connectivity index (χ2n) is 10.0. The van der Waals surface area contributed by atoms with Gasteiger partial charge in [0.05, 0.1) is 16.8 Å². The zero-order valence-corrected chi connectivity index (χ0v) is 23.5. The van der Waals surface area contributed by atoms with Crippen LogP contribution >= 0.6 is 22.9 Å². The zero-order valence-electron chi connectivity index (χ0n) is 21.9. The molecule has 42 heavy (non-hydrogen) atoms. The van der Waals surface area contributed by atoms with Gasteiger partial charge in [0.25, 0.3) is 5.56 Å². The molecule has 4 heterocycles. The van der Waals surface area contributed by atoms with Crippen LogP contribution in [0.5, 0.6) is 5.75 Å². The molecule has 1 N–H and O–H groups in total. The maximum atomic E-state index is 14.4. The summed E-state index contributed by atoms with van der Waals surface area (Å²) in [6.07, 6.45) is -7.08. The van der Waals surface area contributed by atoms with Gasteiger partial charge in [-0.05, 0) is 56.1 Å². The number of ether oxygens (including phenoxy) is 1. The molecule has 15 heteroatoms. The number of alkyl halides is 6. The fraction of sp³-hybridized carbons (Fsp3) is 0.370. The normalized spacial score (nSPS) is 18.0. The summed E-state index contributed by atoms with van der Waals surface area (Å²) in [7, 11) is 0. The molecular formula is C27H23ClF6N4O3S. The molecule has 0 bridgehead atoms. The van der Waals surface area contributed by atoms with Gasteiger partial charge in [-0.1, -0.05) is 11.6 Å². The molecule has 0 amide bonds. The van der Waals surface area contributed by atoms with E-state index in [1.165, 1.54) is 18.3 Å². The summed E-state index contributed by atoms with van der Waals surface area (Å²) in [5, 5.41) is 3.04. The topological polar surface area (TPSA) is 78.2 Å². The third-order valence-corrected chi connectivity index (χ3v) is 8.32. The number of rotatable bonds is 6. The number of hydrogen-bond acceptors (Lipinski definition) is 6. The first kappa shape index (κ1) is 30.1. The van der Waals surface area contributed by atoms with Crippen molar-refractivity contribution in [3.05, 3.63) is 79.0 Å². The average Bonchev–Trinajstić information content (AvgIpc) is 3.32. The highest BCUT2D eigenvalue weighted by Gasteiger charge is 2.58. The average molecular weight is 633 g/mol. The molecule has 1 fully saturated rings. The molecule has 1 aliphatic rings. The maximum Gasteiger partial charge on any atom is 0.429 e. The highest BCUT2D eigenvalue weighted by atomic mass is 35.5. The van der Waals surface area contributed by atoms with Crippen molar-refractivity contribution in [1.29, 1.82) is 0 Å². The Morgan fingerprint density at radius 1 is 1.12 bits per heavy atom. The van der Waals surface area contributed by atoms with Crippen LogP contribution in [0.1, 0.15) is 23.3 Å². The van der Waals surface area contributed by atoms with E-state index in [1.807, 2.05) is 0 Å². The number of aromatic nitrogens is 3. The Bertz CT molecular complexity index is 1760. The number of thiophene rings is 1. The second-order valence-corrected chi connectivity index (χ2v) is 11.6. The maximum absolute atomic E-state index is 14.4. The quantitative estimate of drug-likeness (QED) is 0.267. The van der Waals surface area contributed by atoms with Crippen LogP contribution in [-0.4, -0.2) is 45.2 Å². The number of hydrogen-bond donors (Lipinski definition) is 1. The van der Waals surface area contributed by atoms with E-state index in [2.05, 4.69) is 10.3 Å². The molecule has 4 aromatic rings. The SMILES string of the molecule is Cc1cc(Cl)cc(-c2ccnc3cc(Cn4c(=O)ccn(CC(F)(F)F)c4=O)sc23)c1OC1(C(F)(F)F)CCCNC1. The summed E-state index contributed by atoms with van der Waals surface area (Å²) in [6.45, 7) is -0.294. The number of aryl methyl sites for hydroxylation is 1. The summed E-state index contributed by atoms with van der Waals surface area (Å²) in [4.78, 5) is 29.8. The first-order chi connectivity index (χ1) is 19.7. The summed E-state index contributed by atoms with van der Waals surface area (Å²) in [6, 6.07) is 7.03. The van der Waals surface area contributed by atoms with E-state index in [1.54, 1.807) is 19.1 Å². The molecule has 0 radical (unpaired) electrons. The zero-order chi connectivity index (χ0) is 30.4. The van der Waals surface area contributed by atoms with Crippen molar-refractivity contribution >= 4 is 33.2 Å². The van der Waals surface area contributed by atoms with Gasteiger partial charge < -0.3 is 10.1 Å². The molecule has 1 aliphatic heterocycles. The predicted octanol–water partition coefficient (Wildman–Crippen LogP) is 5.92. The number of fused-ring (bicyclic) bond motifs is 1. The van der Waals surface area contributed by atoms with Gasteiger partial charge in [0.2, 0.25) is 5.60 Å². The van der Waals surface area contributed by atoms with Crippen LogP contribution in [0.3, 0.4) is 0 Å². The lowest BCUT2D eigenvalue weighted by Crippen LogP contribution is -2.59. The monoisotopic (exact) mass is 632 g/mol. The fourth-order valence-corrected chi connectivity index (χ4v) is 6.38. The van der Waals surface area contributed by atoms with E-state index >= 15 is 0 Å². The van der Waals surface area contributed by atoms with Crippen LogP contribution in [0.25, 0.3) is 21.3 Å². The highest BCUT2D eigenvalue weighted by molar-refractivity contribution is 7.19. The first-order valence-corrected chi connectivity index (χ1v) is 13.9. The molecule has 1 aromatic carbocycles. The molecule has 7 nitrogen and oxygen atoms in total.